The maximum Gasteiger partial charge on any atom is 0.320 e. The largest absolute Gasteiger partial charge is 0.494 e. The third-order valence-corrected chi connectivity index (χ3v) is 4.01. The van der Waals surface area contributed by atoms with Gasteiger partial charge in [-0.3, -0.25) is 14.5 Å². The van der Waals surface area contributed by atoms with Crippen LogP contribution in [0.4, 0.5) is 0 Å². The molecule has 0 aliphatic rings. The number of nitrogens with zero attached hydrogens (tertiary/aromatic N) is 1. The fraction of sp³-hybridized carbons (Fsp3) is 0.556. The van der Waals surface area contributed by atoms with E-state index in [0.717, 1.165) is 5.75 Å². The molecule has 134 valence electrons. The molecule has 0 bridgehead atoms. The predicted octanol–water partition coefficient (Wildman–Crippen LogP) is 1.98. The highest BCUT2D eigenvalue weighted by molar-refractivity contribution is 5.73. The van der Waals surface area contributed by atoms with Gasteiger partial charge in [0, 0.05) is 26.6 Å². The number of carbonyl (C=O) groups is 2. The zero-order valence-corrected chi connectivity index (χ0v) is 15.0. The number of hydrogen-bond donors (Lipinski definition) is 2. The molecule has 2 N–H and O–H groups in total. The Balaban J connectivity index is 2.44. The Hall–Kier alpha value is -2.08. The molecule has 0 aliphatic carbocycles. The van der Waals surface area contributed by atoms with E-state index in [1.807, 2.05) is 30.0 Å². The van der Waals surface area contributed by atoms with Crippen molar-refractivity contribution in [2.45, 2.75) is 40.2 Å². The van der Waals surface area contributed by atoms with Gasteiger partial charge in [-0.25, -0.2) is 0 Å². The standard InChI is InChI=1S/C18H28N2O4/c1-13-6-7-17(12-14(13)2)24-11-5-9-20(15(3)18(22)23)10-8-19-16(4)21/h6-7,12,15H,5,8-11H2,1-4H3,(H,19,21)(H,22,23). The number of benzene rings is 1. The number of rotatable bonds is 10. The number of nitrogens with one attached hydrogen (secondary N) is 1. The SMILES string of the molecule is CC(=O)NCCN(CCCOc1ccc(C)c(C)c1)C(C)C(=O)O. The zero-order valence-electron chi connectivity index (χ0n) is 15.0. The Kier molecular flexibility index (Phi) is 8.26. The molecule has 1 aromatic carbocycles. The first-order valence-electron chi connectivity index (χ1n) is 8.22. The van der Waals surface area contributed by atoms with Crippen LogP contribution in [0.15, 0.2) is 18.2 Å². The first-order chi connectivity index (χ1) is 11.3. The Morgan fingerprint density at radius 2 is 1.96 bits per heavy atom. The van der Waals surface area contributed by atoms with Gasteiger partial charge >= 0.3 is 5.97 Å². The first-order valence-corrected chi connectivity index (χ1v) is 8.22. The Morgan fingerprint density at radius 1 is 1.25 bits per heavy atom. The van der Waals surface area contributed by atoms with E-state index in [1.54, 1.807) is 6.92 Å². The van der Waals surface area contributed by atoms with Crippen LogP contribution in [-0.2, 0) is 9.59 Å². The van der Waals surface area contributed by atoms with Crippen molar-refractivity contribution in [1.82, 2.24) is 10.2 Å². The number of ether oxygens (including phenoxy) is 1. The van der Waals surface area contributed by atoms with Crippen LogP contribution in [0.25, 0.3) is 0 Å². The van der Waals surface area contributed by atoms with Gasteiger partial charge in [-0.2, -0.15) is 0 Å². The lowest BCUT2D eigenvalue weighted by molar-refractivity contribution is -0.142. The van der Waals surface area contributed by atoms with E-state index in [-0.39, 0.29) is 5.91 Å². The number of carbonyl (C=O) groups excluding carboxylic acids is 1. The first kappa shape index (κ1) is 20.0. The van der Waals surface area contributed by atoms with Gasteiger partial charge in [-0.1, -0.05) is 6.07 Å². The molecular weight excluding hydrogens is 308 g/mol. The lowest BCUT2D eigenvalue weighted by Gasteiger charge is -2.26. The van der Waals surface area contributed by atoms with Crippen molar-refractivity contribution in [3.63, 3.8) is 0 Å². The highest BCUT2D eigenvalue weighted by Crippen LogP contribution is 2.16. The third kappa shape index (κ3) is 7.00. The minimum atomic E-state index is -0.868. The summed E-state index contributed by atoms with van der Waals surface area (Å²) in [4.78, 5) is 24.0. The molecule has 0 spiro atoms. The topological polar surface area (TPSA) is 78.9 Å². The molecule has 0 heterocycles. The van der Waals surface area contributed by atoms with Crippen LogP contribution in [0.2, 0.25) is 0 Å². The summed E-state index contributed by atoms with van der Waals surface area (Å²) in [5.41, 5.74) is 2.41. The molecule has 0 aliphatic heterocycles. The van der Waals surface area contributed by atoms with Crippen molar-refractivity contribution in [3.8, 4) is 5.75 Å². The number of amides is 1. The molecule has 24 heavy (non-hydrogen) atoms. The molecule has 1 aromatic rings. The molecule has 0 saturated heterocycles. The average Bonchev–Trinajstić information content (AvgIpc) is 2.51. The third-order valence-electron chi connectivity index (χ3n) is 4.01. The molecule has 1 atom stereocenters. The molecule has 1 unspecified atom stereocenters. The van der Waals surface area contributed by atoms with Crippen LogP contribution < -0.4 is 10.1 Å². The molecule has 6 nitrogen and oxygen atoms in total. The van der Waals surface area contributed by atoms with E-state index >= 15 is 0 Å². The van der Waals surface area contributed by atoms with Crippen LogP contribution in [0, 0.1) is 13.8 Å². The zero-order chi connectivity index (χ0) is 18.1. The summed E-state index contributed by atoms with van der Waals surface area (Å²) in [7, 11) is 0. The van der Waals surface area contributed by atoms with Crippen molar-refractivity contribution >= 4 is 11.9 Å². The van der Waals surface area contributed by atoms with E-state index in [2.05, 4.69) is 12.2 Å². The second-order valence-corrected chi connectivity index (χ2v) is 5.98. The summed E-state index contributed by atoms with van der Waals surface area (Å²) in [5.74, 6) is -0.155. The highest BCUT2D eigenvalue weighted by atomic mass is 16.5. The fourth-order valence-corrected chi connectivity index (χ4v) is 2.29. The van der Waals surface area contributed by atoms with Crippen LogP contribution in [-0.4, -0.2) is 54.2 Å². The summed E-state index contributed by atoms with van der Waals surface area (Å²) in [5, 5.41) is 11.9. The maximum atomic E-state index is 11.2. The van der Waals surface area contributed by atoms with E-state index in [9.17, 15) is 14.7 Å². The number of carboxylic acid groups (broad SMARTS) is 1. The van der Waals surface area contributed by atoms with E-state index in [4.69, 9.17) is 4.74 Å². The van der Waals surface area contributed by atoms with Gasteiger partial charge in [-0.05, 0) is 50.5 Å². The molecule has 0 aromatic heterocycles. The minimum absolute atomic E-state index is 0.115. The minimum Gasteiger partial charge on any atom is -0.494 e. The molecule has 0 fully saturated rings. The smallest absolute Gasteiger partial charge is 0.320 e. The summed E-state index contributed by atoms with van der Waals surface area (Å²) < 4.78 is 5.73. The monoisotopic (exact) mass is 336 g/mol. The summed E-state index contributed by atoms with van der Waals surface area (Å²) in [6.45, 7) is 9.24. The fourth-order valence-electron chi connectivity index (χ4n) is 2.29. The highest BCUT2D eigenvalue weighted by Gasteiger charge is 2.19. The molecule has 1 amide bonds. The number of aryl methyl sites for hydroxylation is 2. The van der Waals surface area contributed by atoms with E-state index in [1.165, 1.54) is 18.1 Å². The van der Waals surface area contributed by atoms with Crippen LogP contribution in [0.5, 0.6) is 5.75 Å². The molecular formula is C18H28N2O4. The van der Waals surface area contributed by atoms with Gasteiger partial charge in [0.2, 0.25) is 5.91 Å². The van der Waals surface area contributed by atoms with Gasteiger partial charge < -0.3 is 15.2 Å². The lowest BCUT2D eigenvalue weighted by Crippen LogP contribution is -2.44. The van der Waals surface area contributed by atoms with Gasteiger partial charge in [0.05, 0.1) is 6.61 Å². The number of hydrogen-bond acceptors (Lipinski definition) is 4. The maximum absolute atomic E-state index is 11.2. The van der Waals surface area contributed by atoms with Crippen LogP contribution in [0.3, 0.4) is 0 Å². The Bertz CT molecular complexity index is 560. The predicted molar refractivity (Wildman–Crippen MR) is 93.4 cm³/mol. The van der Waals surface area contributed by atoms with Crippen molar-refractivity contribution < 1.29 is 19.4 Å². The summed E-state index contributed by atoms with van der Waals surface area (Å²) in [6, 6.07) is 5.37. The van der Waals surface area contributed by atoms with Crippen molar-refractivity contribution in [1.29, 1.82) is 0 Å². The normalized spacial score (nSPS) is 12.0. The summed E-state index contributed by atoms with van der Waals surface area (Å²) in [6.07, 6.45) is 0.713. The van der Waals surface area contributed by atoms with E-state index < -0.39 is 12.0 Å². The van der Waals surface area contributed by atoms with Gasteiger partial charge in [0.1, 0.15) is 11.8 Å². The number of aliphatic carboxylic acids is 1. The van der Waals surface area contributed by atoms with Gasteiger partial charge in [0.25, 0.3) is 0 Å². The second-order valence-electron chi connectivity index (χ2n) is 5.98. The lowest BCUT2D eigenvalue weighted by atomic mass is 10.1. The van der Waals surface area contributed by atoms with Gasteiger partial charge in [-0.15, -0.1) is 0 Å². The van der Waals surface area contributed by atoms with Gasteiger partial charge in [0.15, 0.2) is 0 Å². The molecule has 6 heteroatoms. The quantitative estimate of drug-likeness (QED) is 0.639. The van der Waals surface area contributed by atoms with Crippen LogP contribution in [0.1, 0.15) is 31.4 Å². The van der Waals surface area contributed by atoms with Crippen molar-refractivity contribution in [2.24, 2.45) is 0 Å². The number of carboxylic acids is 1. The molecule has 0 saturated carbocycles. The molecule has 1 rings (SSSR count). The summed E-state index contributed by atoms with van der Waals surface area (Å²) >= 11 is 0. The Morgan fingerprint density at radius 3 is 2.54 bits per heavy atom. The average molecular weight is 336 g/mol. The Labute approximate surface area is 143 Å². The molecule has 0 radical (unpaired) electrons. The van der Waals surface area contributed by atoms with E-state index in [0.29, 0.717) is 32.7 Å². The second kappa shape index (κ2) is 9.93. The van der Waals surface area contributed by atoms with Crippen LogP contribution >= 0.6 is 0 Å². The van der Waals surface area contributed by atoms with Crippen molar-refractivity contribution in [2.75, 3.05) is 26.2 Å². The van der Waals surface area contributed by atoms with Crippen molar-refractivity contribution in [3.05, 3.63) is 29.3 Å².